The fourth-order valence-corrected chi connectivity index (χ4v) is 2.47. The molecule has 1 aromatic heterocycles. The molecule has 1 aromatic rings. The summed E-state index contributed by atoms with van der Waals surface area (Å²) in [5.74, 6) is 0. The van der Waals surface area contributed by atoms with Crippen molar-refractivity contribution in [2.45, 2.75) is 12.5 Å². The van der Waals surface area contributed by atoms with E-state index in [0.717, 1.165) is 9.08 Å². The van der Waals surface area contributed by atoms with Gasteiger partial charge in [-0.1, -0.05) is 0 Å². The Bertz CT molecular complexity index is 398. The van der Waals surface area contributed by atoms with Crippen LogP contribution in [0.15, 0.2) is 15.1 Å². The summed E-state index contributed by atoms with van der Waals surface area (Å²) >= 11 is 6.73. The predicted molar refractivity (Wildman–Crippen MR) is 67.2 cm³/mol. The monoisotopic (exact) mass is 350 g/mol. The molecule has 0 saturated carbocycles. The van der Waals surface area contributed by atoms with Gasteiger partial charge in [0.05, 0.1) is 17.1 Å². The molecule has 16 heavy (non-hydrogen) atoms. The highest BCUT2D eigenvalue weighted by molar-refractivity contribution is 9.13. The molecule has 88 valence electrons. The molecule has 1 N–H and O–H groups in total. The second-order valence-electron chi connectivity index (χ2n) is 3.27. The number of methoxy groups -OCH3 is 1. The summed E-state index contributed by atoms with van der Waals surface area (Å²) < 4.78 is 8.32. The summed E-state index contributed by atoms with van der Waals surface area (Å²) in [4.78, 5) is 0. The van der Waals surface area contributed by atoms with Crippen LogP contribution in [0.5, 0.6) is 0 Å². The van der Waals surface area contributed by atoms with E-state index >= 15 is 0 Å². The molecular weight excluding hydrogens is 340 g/mol. The van der Waals surface area contributed by atoms with Gasteiger partial charge in [-0.15, -0.1) is 0 Å². The van der Waals surface area contributed by atoms with Crippen molar-refractivity contribution in [3.05, 3.63) is 20.8 Å². The third kappa shape index (κ3) is 2.86. The van der Waals surface area contributed by atoms with Crippen molar-refractivity contribution in [3.8, 4) is 6.07 Å². The van der Waals surface area contributed by atoms with Crippen LogP contribution >= 0.6 is 31.9 Å². The van der Waals surface area contributed by atoms with Gasteiger partial charge in [0, 0.05) is 13.7 Å². The third-order valence-corrected chi connectivity index (χ3v) is 4.22. The third-order valence-electron chi connectivity index (χ3n) is 2.28. The Hall–Kier alpha value is -0.350. The number of rotatable bonds is 5. The van der Waals surface area contributed by atoms with Crippen LogP contribution in [0.3, 0.4) is 0 Å². The molecule has 0 aliphatic heterocycles. The molecule has 0 unspecified atom stereocenters. The van der Waals surface area contributed by atoms with E-state index in [9.17, 15) is 5.11 Å². The molecule has 4 nitrogen and oxygen atoms in total. The summed E-state index contributed by atoms with van der Waals surface area (Å²) in [6, 6.07) is 3.66. The van der Waals surface area contributed by atoms with E-state index in [1.165, 1.54) is 0 Å². The highest BCUT2D eigenvalue weighted by Crippen LogP contribution is 2.31. The molecule has 0 aromatic carbocycles. The number of nitriles is 1. The van der Waals surface area contributed by atoms with Gasteiger partial charge >= 0.3 is 0 Å². The first-order valence-corrected chi connectivity index (χ1v) is 6.30. The molecule has 0 bridgehead atoms. The van der Waals surface area contributed by atoms with E-state index in [1.807, 2.05) is 0 Å². The minimum absolute atomic E-state index is 0.0300. The van der Waals surface area contributed by atoms with Crippen molar-refractivity contribution in [2.75, 3.05) is 20.3 Å². The van der Waals surface area contributed by atoms with Crippen LogP contribution in [0, 0.1) is 11.3 Å². The predicted octanol–water partition coefficient (Wildman–Crippen LogP) is 2.45. The van der Waals surface area contributed by atoms with Crippen molar-refractivity contribution in [1.29, 1.82) is 5.26 Å². The first-order chi connectivity index (χ1) is 7.65. The van der Waals surface area contributed by atoms with Gasteiger partial charge in [-0.25, -0.2) is 0 Å². The standard InChI is InChI=1S/C10H12Br2N2O2/c1-16-3-2-7(6-15)14-8(5-13)4-9(11)10(14)12/h4,7,15H,2-3,6H2,1H3/t7-/m0/s1. The van der Waals surface area contributed by atoms with Crippen molar-refractivity contribution in [3.63, 3.8) is 0 Å². The normalized spacial score (nSPS) is 12.4. The van der Waals surface area contributed by atoms with Crippen LogP contribution in [0.4, 0.5) is 0 Å². The smallest absolute Gasteiger partial charge is 0.122 e. The molecule has 0 saturated heterocycles. The summed E-state index contributed by atoms with van der Waals surface area (Å²) in [7, 11) is 1.61. The highest BCUT2D eigenvalue weighted by atomic mass is 79.9. The number of aliphatic hydroxyl groups excluding tert-OH is 1. The van der Waals surface area contributed by atoms with Crippen LogP contribution < -0.4 is 0 Å². The zero-order chi connectivity index (χ0) is 12.1. The maximum absolute atomic E-state index is 9.34. The van der Waals surface area contributed by atoms with Gasteiger partial charge in [-0.2, -0.15) is 5.26 Å². The maximum Gasteiger partial charge on any atom is 0.122 e. The Morgan fingerprint density at radius 1 is 1.62 bits per heavy atom. The van der Waals surface area contributed by atoms with Crippen LogP contribution in [0.25, 0.3) is 0 Å². The van der Waals surface area contributed by atoms with Crippen molar-refractivity contribution >= 4 is 31.9 Å². The van der Waals surface area contributed by atoms with Gasteiger partial charge < -0.3 is 14.4 Å². The average Bonchev–Trinajstić information content (AvgIpc) is 2.57. The minimum Gasteiger partial charge on any atom is -0.394 e. The Morgan fingerprint density at radius 2 is 2.31 bits per heavy atom. The summed E-state index contributed by atoms with van der Waals surface area (Å²) in [6.07, 6.45) is 0.654. The number of ether oxygens (including phenoxy) is 1. The fourth-order valence-electron chi connectivity index (χ4n) is 1.47. The Labute approximate surface area is 111 Å². The molecular formula is C10H12Br2N2O2. The second-order valence-corrected chi connectivity index (χ2v) is 4.87. The molecule has 1 heterocycles. The summed E-state index contributed by atoms with van der Waals surface area (Å²) in [6.45, 7) is 0.510. The van der Waals surface area contributed by atoms with E-state index in [-0.39, 0.29) is 12.6 Å². The van der Waals surface area contributed by atoms with E-state index < -0.39 is 0 Å². The van der Waals surface area contributed by atoms with E-state index in [0.29, 0.717) is 18.7 Å². The van der Waals surface area contributed by atoms with Crippen LogP contribution in [-0.2, 0) is 4.74 Å². The molecule has 0 amide bonds. The quantitative estimate of drug-likeness (QED) is 0.886. The van der Waals surface area contributed by atoms with Crippen molar-refractivity contribution in [2.24, 2.45) is 0 Å². The van der Waals surface area contributed by atoms with E-state index in [4.69, 9.17) is 10.00 Å². The number of aliphatic hydroxyl groups is 1. The lowest BCUT2D eigenvalue weighted by Crippen LogP contribution is -2.17. The average molecular weight is 352 g/mol. The highest BCUT2D eigenvalue weighted by Gasteiger charge is 2.18. The minimum atomic E-state index is -0.157. The second kappa shape index (κ2) is 6.40. The number of hydrogen-bond acceptors (Lipinski definition) is 3. The first-order valence-electron chi connectivity index (χ1n) is 4.71. The lowest BCUT2D eigenvalue weighted by molar-refractivity contribution is 0.149. The lowest BCUT2D eigenvalue weighted by atomic mass is 10.2. The number of halogens is 2. The van der Waals surface area contributed by atoms with Crippen LogP contribution in [0.1, 0.15) is 18.2 Å². The van der Waals surface area contributed by atoms with Crippen LogP contribution in [-0.4, -0.2) is 30.0 Å². The molecule has 0 aliphatic rings. The Kier molecular flexibility index (Phi) is 5.49. The number of hydrogen-bond donors (Lipinski definition) is 1. The van der Waals surface area contributed by atoms with Gasteiger partial charge in [0.15, 0.2) is 0 Å². The lowest BCUT2D eigenvalue weighted by Gasteiger charge is -2.18. The van der Waals surface area contributed by atoms with Crippen molar-refractivity contribution in [1.82, 2.24) is 4.57 Å². The Balaban J connectivity index is 3.04. The van der Waals surface area contributed by atoms with Gasteiger partial charge in [0.1, 0.15) is 16.4 Å². The SMILES string of the molecule is COCC[C@@H](CO)n1c(C#N)cc(Br)c1Br. The van der Waals surface area contributed by atoms with E-state index in [1.54, 1.807) is 17.7 Å². The van der Waals surface area contributed by atoms with Gasteiger partial charge in [-0.05, 0) is 44.3 Å². The van der Waals surface area contributed by atoms with Crippen molar-refractivity contribution < 1.29 is 9.84 Å². The molecule has 1 atom stereocenters. The summed E-state index contributed by atoms with van der Waals surface area (Å²) in [5, 5.41) is 18.3. The molecule has 0 spiro atoms. The maximum atomic E-state index is 9.34. The Morgan fingerprint density at radius 3 is 2.81 bits per heavy atom. The number of aromatic nitrogens is 1. The van der Waals surface area contributed by atoms with Gasteiger partial charge in [-0.3, -0.25) is 0 Å². The largest absolute Gasteiger partial charge is 0.394 e. The molecule has 0 aliphatic carbocycles. The first kappa shape index (κ1) is 13.7. The van der Waals surface area contributed by atoms with Gasteiger partial charge in [0.2, 0.25) is 0 Å². The van der Waals surface area contributed by atoms with Crippen LogP contribution in [0.2, 0.25) is 0 Å². The fraction of sp³-hybridized carbons (Fsp3) is 0.500. The topological polar surface area (TPSA) is 58.2 Å². The molecule has 6 heteroatoms. The van der Waals surface area contributed by atoms with Gasteiger partial charge in [0.25, 0.3) is 0 Å². The summed E-state index contributed by atoms with van der Waals surface area (Å²) in [5.41, 5.74) is 0.508. The van der Waals surface area contributed by atoms with E-state index in [2.05, 4.69) is 37.9 Å². The number of nitrogens with zero attached hydrogens (tertiary/aromatic N) is 2. The molecule has 1 rings (SSSR count). The molecule has 0 radical (unpaired) electrons. The molecule has 0 fully saturated rings. The zero-order valence-corrected chi connectivity index (χ0v) is 12.0. The zero-order valence-electron chi connectivity index (χ0n) is 8.78.